The molecule has 0 aliphatic heterocycles. The third-order valence-electron chi connectivity index (χ3n) is 4.59. The summed E-state index contributed by atoms with van der Waals surface area (Å²) in [6.07, 6.45) is 0. The molecule has 2 aromatic carbocycles. The summed E-state index contributed by atoms with van der Waals surface area (Å²) in [5, 5.41) is 6.56. The fourth-order valence-corrected chi connectivity index (χ4v) is 2.75. The quantitative estimate of drug-likeness (QED) is 0.352. The molecule has 0 aliphatic rings. The minimum atomic E-state index is -0.256. The highest BCUT2D eigenvalue weighted by molar-refractivity contribution is 14.0. The van der Waals surface area contributed by atoms with E-state index in [1.54, 1.807) is 38.2 Å². The molecule has 158 valence electrons. The van der Waals surface area contributed by atoms with Gasteiger partial charge in [0.25, 0.3) is 5.91 Å². The minimum Gasteiger partial charge on any atom is -0.356 e. The third-order valence-corrected chi connectivity index (χ3v) is 4.59. The van der Waals surface area contributed by atoms with E-state index < -0.39 is 0 Å². The summed E-state index contributed by atoms with van der Waals surface area (Å²) in [4.78, 5) is 17.7. The molecule has 0 atom stereocenters. The van der Waals surface area contributed by atoms with Crippen LogP contribution in [0.25, 0.3) is 0 Å². The number of amides is 1. The Labute approximate surface area is 189 Å². The van der Waals surface area contributed by atoms with Crippen LogP contribution in [0.5, 0.6) is 0 Å². The number of carbonyl (C=O) groups is 1. The van der Waals surface area contributed by atoms with Crippen LogP contribution in [0.3, 0.4) is 0 Å². The van der Waals surface area contributed by atoms with Crippen molar-refractivity contribution in [3.05, 3.63) is 71.0 Å². The van der Waals surface area contributed by atoms with Gasteiger partial charge >= 0.3 is 0 Å². The summed E-state index contributed by atoms with van der Waals surface area (Å²) in [5.74, 6) is 0.416. The van der Waals surface area contributed by atoms with Gasteiger partial charge in [0.1, 0.15) is 5.82 Å². The van der Waals surface area contributed by atoms with Gasteiger partial charge in [-0.15, -0.1) is 24.0 Å². The first-order chi connectivity index (χ1) is 13.2. The zero-order valence-corrected chi connectivity index (χ0v) is 20.0. The van der Waals surface area contributed by atoms with Crippen molar-refractivity contribution in [3.63, 3.8) is 0 Å². The summed E-state index contributed by atoms with van der Waals surface area (Å²) < 4.78 is 13.5. The van der Waals surface area contributed by atoms with Gasteiger partial charge in [0.2, 0.25) is 0 Å². The molecule has 0 saturated carbocycles. The largest absolute Gasteiger partial charge is 0.356 e. The molecule has 0 aromatic heterocycles. The Hall–Kier alpha value is -2.16. The van der Waals surface area contributed by atoms with E-state index >= 15 is 0 Å². The molecule has 0 heterocycles. The second-order valence-corrected chi connectivity index (χ2v) is 7.57. The Bertz CT molecular complexity index is 835. The normalized spacial score (nSPS) is 11.4. The molecular weight excluding hydrogens is 482 g/mol. The lowest BCUT2D eigenvalue weighted by Gasteiger charge is -2.27. The van der Waals surface area contributed by atoms with Crippen molar-refractivity contribution in [2.24, 2.45) is 4.99 Å². The second-order valence-electron chi connectivity index (χ2n) is 7.57. The van der Waals surface area contributed by atoms with Gasteiger partial charge in [-0.2, -0.15) is 0 Å². The number of benzene rings is 2. The van der Waals surface area contributed by atoms with Crippen LogP contribution in [0.4, 0.5) is 4.39 Å². The topological polar surface area (TPSA) is 56.7 Å². The Morgan fingerprint density at radius 3 is 2.31 bits per heavy atom. The first-order valence-electron chi connectivity index (χ1n) is 9.24. The highest BCUT2D eigenvalue weighted by Crippen LogP contribution is 2.22. The fourth-order valence-electron chi connectivity index (χ4n) is 2.75. The summed E-state index contributed by atoms with van der Waals surface area (Å²) >= 11 is 0. The van der Waals surface area contributed by atoms with E-state index in [9.17, 15) is 9.18 Å². The molecule has 0 bridgehead atoms. The van der Waals surface area contributed by atoms with Crippen molar-refractivity contribution in [1.29, 1.82) is 0 Å². The van der Waals surface area contributed by atoms with Crippen molar-refractivity contribution in [2.75, 3.05) is 27.7 Å². The zero-order chi connectivity index (χ0) is 20.7. The SMILES string of the molecule is CN=C(NCc1ccc(C(=O)N(C)C)cc1)NCC(C)(C)c1cccc(F)c1.I. The maximum atomic E-state index is 13.5. The number of guanidine groups is 1. The number of carbonyl (C=O) groups excluding carboxylic acids is 1. The first-order valence-corrected chi connectivity index (χ1v) is 9.24. The molecule has 2 aromatic rings. The van der Waals surface area contributed by atoms with Crippen molar-refractivity contribution in [1.82, 2.24) is 15.5 Å². The van der Waals surface area contributed by atoms with Gasteiger partial charge in [-0.25, -0.2) is 4.39 Å². The number of rotatable bonds is 6. The Balaban J connectivity index is 0.00000420. The van der Waals surface area contributed by atoms with Crippen LogP contribution in [-0.4, -0.2) is 44.5 Å². The molecule has 0 aliphatic carbocycles. The van der Waals surface area contributed by atoms with Gasteiger partial charge in [-0.05, 0) is 35.4 Å². The monoisotopic (exact) mass is 512 g/mol. The van der Waals surface area contributed by atoms with Crippen molar-refractivity contribution >= 4 is 35.8 Å². The predicted octanol–water partition coefficient (Wildman–Crippen LogP) is 3.79. The molecule has 0 fully saturated rings. The van der Waals surface area contributed by atoms with Gasteiger partial charge in [0, 0.05) is 45.2 Å². The Morgan fingerprint density at radius 2 is 1.76 bits per heavy atom. The van der Waals surface area contributed by atoms with Gasteiger partial charge in [-0.1, -0.05) is 38.1 Å². The fraction of sp³-hybridized carbons (Fsp3) is 0.364. The van der Waals surface area contributed by atoms with Crippen LogP contribution in [0.15, 0.2) is 53.5 Å². The van der Waals surface area contributed by atoms with Crippen LogP contribution in [0.2, 0.25) is 0 Å². The minimum absolute atomic E-state index is 0. The maximum absolute atomic E-state index is 13.5. The van der Waals surface area contributed by atoms with Crippen LogP contribution >= 0.6 is 24.0 Å². The van der Waals surface area contributed by atoms with E-state index in [0.717, 1.165) is 11.1 Å². The number of halogens is 2. The number of hydrogen-bond acceptors (Lipinski definition) is 2. The summed E-state index contributed by atoms with van der Waals surface area (Å²) in [6, 6.07) is 14.2. The molecule has 0 saturated heterocycles. The lowest BCUT2D eigenvalue weighted by atomic mass is 9.84. The van der Waals surface area contributed by atoms with E-state index in [1.165, 1.54) is 6.07 Å². The van der Waals surface area contributed by atoms with E-state index in [4.69, 9.17) is 0 Å². The van der Waals surface area contributed by atoms with Gasteiger partial charge in [-0.3, -0.25) is 9.79 Å². The first kappa shape index (κ1) is 24.9. The number of aliphatic imine (C=N–C) groups is 1. The van der Waals surface area contributed by atoms with E-state index in [2.05, 4.69) is 29.5 Å². The molecule has 0 spiro atoms. The van der Waals surface area contributed by atoms with Crippen LogP contribution in [0, 0.1) is 5.82 Å². The molecule has 7 heteroatoms. The van der Waals surface area contributed by atoms with Crippen LogP contribution < -0.4 is 10.6 Å². The Kier molecular flexibility index (Phi) is 9.55. The number of hydrogen-bond donors (Lipinski definition) is 2. The highest BCUT2D eigenvalue weighted by Gasteiger charge is 2.21. The average molecular weight is 512 g/mol. The van der Waals surface area contributed by atoms with Gasteiger partial charge < -0.3 is 15.5 Å². The molecule has 0 unspecified atom stereocenters. The number of nitrogens with zero attached hydrogens (tertiary/aromatic N) is 2. The van der Waals surface area contributed by atoms with Crippen LogP contribution in [-0.2, 0) is 12.0 Å². The van der Waals surface area contributed by atoms with Crippen molar-refractivity contribution in [2.45, 2.75) is 25.8 Å². The Morgan fingerprint density at radius 1 is 1.10 bits per heavy atom. The van der Waals surface area contributed by atoms with Crippen molar-refractivity contribution in [3.8, 4) is 0 Å². The molecular formula is C22H30FIN4O. The zero-order valence-electron chi connectivity index (χ0n) is 17.6. The average Bonchev–Trinajstić information content (AvgIpc) is 2.68. The summed E-state index contributed by atoms with van der Waals surface area (Å²) in [6.45, 7) is 5.30. The molecule has 2 N–H and O–H groups in total. The molecule has 2 rings (SSSR count). The van der Waals surface area contributed by atoms with E-state index in [1.807, 2.05) is 30.3 Å². The summed E-state index contributed by atoms with van der Waals surface area (Å²) in [5.41, 5.74) is 2.38. The lowest BCUT2D eigenvalue weighted by molar-refractivity contribution is 0.0827. The van der Waals surface area contributed by atoms with Gasteiger partial charge in [0.15, 0.2) is 5.96 Å². The predicted molar refractivity (Wildman–Crippen MR) is 128 cm³/mol. The van der Waals surface area contributed by atoms with E-state index in [0.29, 0.717) is 24.6 Å². The highest BCUT2D eigenvalue weighted by atomic mass is 127. The summed E-state index contributed by atoms with van der Waals surface area (Å²) in [7, 11) is 5.18. The maximum Gasteiger partial charge on any atom is 0.253 e. The van der Waals surface area contributed by atoms with E-state index in [-0.39, 0.29) is 41.1 Å². The van der Waals surface area contributed by atoms with Gasteiger partial charge in [0.05, 0.1) is 0 Å². The molecule has 1 amide bonds. The van der Waals surface area contributed by atoms with Crippen molar-refractivity contribution < 1.29 is 9.18 Å². The number of nitrogens with one attached hydrogen (secondary N) is 2. The second kappa shape index (κ2) is 11.1. The smallest absolute Gasteiger partial charge is 0.253 e. The standard InChI is InChI=1S/C22H29FN4O.HI/c1-22(2,18-7-6-8-19(23)13-18)15-26-21(24-3)25-14-16-9-11-17(12-10-16)20(28)27(4)5;/h6-13H,14-15H2,1-5H3,(H2,24,25,26);1H. The lowest BCUT2D eigenvalue weighted by Crippen LogP contribution is -2.43. The molecule has 29 heavy (non-hydrogen) atoms. The molecule has 0 radical (unpaired) electrons. The molecule has 5 nitrogen and oxygen atoms in total. The van der Waals surface area contributed by atoms with Crippen LogP contribution in [0.1, 0.15) is 35.3 Å². The third kappa shape index (κ3) is 7.30.